The second kappa shape index (κ2) is 10.7. The highest BCUT2D eigenvalue weighted by atomic mass is 79.9. The van der Waals surface area contributed by atoms with Crippen molar-refractivity contribution in [3.8, 4) is 17.2 Å². The number of ether oxygens (including phenoxy) is 2. The van der Waals surface area contributed by atoms with E-state index in [1.165, 1.54) is 6.07 Å². The van der Waals surface area contributed by atoms with Gasteiger partial charge in [-0.25, -0.2) is 4.39 Å². The van der Waals surface area contributed by atoms with Crippen molar-refractivity contribution in [3.63, 3.8) is 0 Å². The lowest BCUT2D eigenvalue weighted by molar-refractivity contribution is 0.296. The number of hydrogen-bond acceptors (Lipinski definition) is 3. The highest BCUT2D eigenvalue weighted by Gasteiger charge is 2.11. The summed E-state index contributed by atoms with van der Waals surface area (Å²) in [6, 6.07) is 28.1. The predicted octanol–water partition coefficient (Wildman–Crippen LogP) is 8.33. The molecule has 0 aliphatic rings. The van der Waals surface area contributed by atoms with Gasteiger partial charge in [-0.15, -0.1) is 0 Å². The molecule has 0 heterocycles. The molecular formula is C26H20Br2FNO2. The Hall–Kier alpha value is -2.83. The molecule has 0 aliphatic carbocycles. The maximum Gasteiger partial charge on any atom is 0.148 e. The first-order valence-electron chi connectivity index (χ1n) is 9.99. The molecule has 4 aromatic rings. The van der Waals surface area contributed by atoms with Gasteiger partial charge in [-0.2, -0.15) is 0 Å². The Kier molecular flexibility index (Phi) is 7.45. The number of para-hydroxylation sites is 1. The number of halogens is 3. The summed E-state index contributed by atoms with van der Waals surface area (Å²) in [7, 11) is 0. The van der Waals surface area contributed by atoms with Gasteiger partial charge in [-0.3, -0.25) is 0 Å². The first kappa shape index (κ1) is 22.4. The molecule has 0 fully saturated rings. The smallest absolute Gasteiger partial charge is 0.148 e. The van der Waals surface area contributed by atoms with Crippen LogP contribution in [0, 0.1) is 5.82 Å². The van der Waals surface area contributed by atoms with E-state index in [4.69, 9.17) is 9.47 Å². The number of benzene rings is 4. The summed E-state index contributed by atoms with van der Waals surface area (Å²) in [6.07, 6.45) is 0. The minimum absolute atomic E-state index is 0.152. The average Bonchev–Trinajstić information content (AvgIpc) is 2.80. The van der Waals surface area contributed by atoms with Crippen LogP contribution >= 0.6 is 31.9 Å². The topological polar surface area (TPSA) is 30.5 Å². The van der Waals surface area contributed by atoms with E-state index in [2.05, 4.69) is 37.2 Å². The lowest BCUT2D eigenvalue weighted by Gasteiger charge is -2.14. The molecule has 0 amide bonds. The number of nitrogens with one attached hydrogen (secondary N) is 1. The van der Waals surface area contributed by atoms with E-state index in [-0.39, 0.29) is 12.4 Å². The third-order valence-corrected chi connectivity index (χ3v) is 5.90. The van der Waals surface area contributed by atoms with Crippen molar-refractivity contribution in [2.24, 2.45) is 0 Å². The first-order chi connectivity index (χ1) is 15.6. The van der Waals surface area contributed by atoms with Crippen molar-refractivity contribution in [1.82, 2.24) is 0 Å². The van der Waals surface area contributed by atoms with Gasteiger partial charge < -0.3 is 14.8 Å². The molecule has 0 aliphatic heterocycles. The monoisotopic (exact) mass is 555 g/mol. The van der Waals surface area contributed by atoms with Crippen LogP contribution in [0.1, 0.15) is 11.1 Å². The van der Waals surface area contributed by atoms with Crippen LogP contribution in [0.15, 0.2) is 99.9 Å². The summed E-state index contributed by atoms with van der Waals surface area (Å²) in [4.78, 5) is 0. The molecule has 4 aromatic carbocycles. The van der Waals surface area contributed by atoms with Gasteiger partial charge in [0.25, 0.3) is 0 Å². The Labute approximate surface area is 203 Å². The number of rotatable bonds is 8. The maximum absolute atomic E-state index is 13.8. The Morgan fingerprint density at radius 1 is 0.750 bits per heavy atom. The fourth-order valence-corrected chi connectivity index (χ4v) is 4.60. The molecule has 0 unspecified atom stereocenters. The molecule has 32 heavy (non-hydrogen) atoms. The second-order valence-electron chi connectivity index (χ2n) is 7.06. The van der Waals surface area contributed by atoms with Gasteiger partial charge in [0.2, 0.25) is 0 Å². The van der Waals surface area contributed by atoms with Crippen LogP contribution in [0.3, 0.4) is 0 Å². The Bertz CT molecular complexity index is 1160. The zero-order chi connectivity index (χ0) is 22.3. The predicted molar refractivity (Wildman–Crippen MR) is 133 cm³/mol. The molecule has 0 atom stereocenters. The molecule has 162 valence electrons. The molecule has 6 heteroatoms. The van der Waals surface area contributed by atoms with Crippen LogP contribution in [0.4, 0.5) is 10.1 Å². The maximum atomic E-state index is 13.8. The number of hydrogen-bond donors (Lipinski definition) is 1. The molecule has 0 saturated heterocycles. The third-order valence-electron chi connectivity index (χ3n) is 4.72. The largest absolute Gasteiger partial charge is 0.486 e. The van der Waals surface area contributed by atoms with Gasteiger partial charge in [0, 0.05) is 17.8 Å². The summed E-state index contributed by atoms with van der Waals surface area (Å²) < 4.78 is 27.1. The van der Waals surface area contributed by atoms with Crippen molar-refractivity contribution in [1.29, 1.82) is 0 Å². The molecule has 3 nitrogen and oxygen atoms in total. The van der Waals surface area contributed by atoms with E-state index >= 15 is 0 Å². The molecule has 0 bridgehead atoms. The van der Waals surface area contributed by atoms with Crippen molar-refractivity contribution in [2.45, 2.75) is 13.2 Å². The molecule has 0 saturated carbocycles. The SMILES string of the molecule is Fc1ccccc1COc1c(Br)cc(CNc2ccc(Oc3ccccc3)cc2)cc1Br. The minimum atomic E-state index is -0.277. The fourth-order valence-electron chi connectivity index (χ4n) is 3.09. The van der Waals surface area contributed by atoms with Crippen LogP contribution < -0.4 is 14.8 Å². The molecule has 0 aromatic heterocycles. The van der Waals surface area contributed by atoms with Crippen molar-refractivity contribution < 1.29 is 13.9 Å². The fraction of sp³-hybridized carbons (Fsp3) is 0.0769. The third kappa shape index (κ3) is 5.90. The van der Waals surface area contributed by atoms with E-state index in [0.717, 1.165) is 31.7 Å². The van der Waals surface area contributed by atoms with Crippen LogP contribution in [-0.2, 0) is 13.2 Å². The van der Waals surface area contributed by atoms with Gasteiger partial charge >= 0.3 is 0 Å². The highest BCUT2D eigenvalue weighted by Crippen LogP contribution is 2.35. The van der Waals surface area contributed by atoms with Crippen molar-refractivity contribution in [3.05, 3.63) is 117 Å². The average molecular weight is 557 g/mol. The lowest BCUT2D eigenvalue weighted by atomic mass is 10.2. The normalized spacial score (nSPS) is 10.6. The zero-order valence-corrected chi connectivity index (χ0v) is 20.2. The highest BCUT2D eigenvalue weighted by molar-refractivity contribution is 9.11. The Balaban J connectivity index is 1.36. The molecule has 4 rings (SSSR count). The van der Waals surface area contributed by atoms with Gasteiger partial charge in [0.15, 0.2) is 0 Å². The van der Waals surface area contributed by atoms with Crippen molar-refractivity contribution in [2.75, 3.05) is 5.32 Å². The summed E-state index contributed by atoms with van der Waals surface area (Å²) in [6.45, 7) is 0.780. The quantitative estimate of drug-likeness (QED) is 0.236. The van der Waals surface area contributed by atoms with Crippen LogP contribution in [0.25, 0.3) is 0 Å². The molecule has 1 N–H and O–H groups in total. The van der Waals surface area contributed by atoms with E-state index in [9.17, 15) is 4.39 Å². The van der Waals surface area contributed by atoms with E-state index < -0.39 is 0 Å². The molecule has 0 radical (unpaired) electrons. The van der Waals surface area contributed by atoms with E-state index in [0.29, 0.717) is 17.9 Å². The van der Waals surface area contributed by atoms with E-state index in [1.807, 2.05) is 66.7 Å². The van der Waals surface area contributed by atoms with Gasteiger partial charge in [0.1, 0.15) is 29.7 Å². The minimum Gasteiger partial charge on any atom is -0.486 e. The van der Waals surface area contributed by atoms with Crippen LogP contribution in [0.5, 0.6) is 17.2 Å². The lowest BCUT2D eigenvalue weighted by Crippen LogP contribution is -2.02. The number of anilines is 1. The summed E-state index contributed by atoms with van der Waals surface area (Å²) in [5.74, 6) is 1.95. The van der Waals surface area contributed by atoms with Gasteiger partial charge in [-0.05, 0) is 92.0 Å². The second-order valence-corrected chi connectivity index (χ2v) is 8.77. The molecular weight excluding hydrogens is 537 g/mol. The Morgan fingerprint density at radius 2 is 1.38 bits per heavy atom. The van der Waals surface area contributed by atoms with E-state index in [1.54, 1.807) is 18.2 Å². The summed E-state index contributed by atoms with van der Waals surface area (Å²) in [5.41, 5.74) is 2.56. The van der Waals surface area contributed by atoms with Crippen LogP contribution in [0.2, 0.25) is 0 Å². The zero-order valence-electron chi connectivity index (χ0n) is 17.0. The van der Waals surface area contributed by atoms with Gasteiger partial charge in [0.05, 0.1) is 8.95 Å². The molecule has 0 spiro atoms. The first-order valence-corrected chi connectivity index (χ1v) is 11.6. The van der Waals surface area contributed by atoms with Crippen LogP contribution in [-0.4, -0.2) is 0 Å². The standard InChI is InChI=1S/C26H20Br2FNO2/c27-23-14-18(15-24(28)26(23)31-17-19-6-4-5-9-25(19)29)16-30-20-10-12-22(13-11-20)32-21-7-2-1-3-8-21/h1-15,30H,16-17H2. The summed E-state index contributed by atoms with van der Waals surface area (Å²) >= 11 is 7.13. The Morgan fingerprint density at radius 3 is 2.06 bits per heavy atom. The van der Waals surface area contributed by atoms with Crippen molar-refractivity contribution >= 4 is 37.5 Å². The van der Waals surface area contributed by atoms with Gasteiger partial charge in [-0.1, -0.05) is 36.4 Å². The summed E-state index contributed by atoms with van der Waals surface area (Å²) in [5, 5.41) is 3.40.